The Morgan fingerprint density at radius 3 is 2.57 bits per heavy atom. The summed E-state index contributed by atoms with van der Waals surface area (Å²) in [6.45, 7) is 2.13. The minimum Gasteiger partial charge on any atom is -0.392 e. The van der Waals surface area contributed by atoms with Gasteiger partial charge in [-0.15, -0.1) is 11.8 Å². The maximum Gasteiger partial charge on any atom is 0.234 e. The molecule has 0 saturated carbocycles. The van der Waals surface area contributed by atoms with Gasteiger partial charge in [0.2, 0.25) is 5.91 Å². The van der Waals surface area contributed by atoms with E-state index in [2.05, 4.69) is 12.2 Å². The molecule has 4 heteroatoms. The normalized spacial score (nSPS) is 10.4. The average Bonchev–Trinajstić information content (AvgIpc) is 2.53. The molecule has 0 fully saturated rings. The molecular formula is C17H19NO2S. The fraction of sp³-hybridized carbons (Fsp3) is 0.235. The Balaban J connectivity index is 1.86. The van der Waals surface area contributed by atoms with Crippen molar-refractivity contribution in [3.05, 3.63) is 59.7 Å². The summed E-state index contributed by atoms with van der Waals surface area (Å²) in [6, 6.07) is 15.5. The first-order chi connectivity index (χ1) is 10.2. The van der Waals surface area contributed by atoms with Crippen LogP contribution in [0.15, 0.2) is 53.4 Å². The van der Waals surface area contributed by atoms with Crippen LogP contribution < -0.4 is 5.32 Å². The number of amides is 1. The van der Waals surface area contributed by atoms with Gasteiger partial charge in [-0.1, -0.05) is 31.2 Å². The van der Waals surface area contributed by atoms with Crippen LogP contribution >= 0.6 is 11.8 Å². The van der Waals surface area contributed by atoms with Crippen LogP contribution in [0.3, 0.4) is 0 Å². The van der Waals surface area contributed by atoms with Crippen LogP contribution in [0.1, 0.15) is 18.1 Å². The first-order valence-corrected chi connectivity index (χ1v) is 7.91. The monoisotopic (exact) mass is 301 g/mol. The molecule has 21 heavy (non-hydrogen) atoms. The quantitative estimate of drug-likeness (QED) is 0.803. The molecule has 0 saturated heterocycles. The van der Waals surface area contributed by atoms with Gasteiger partial charge < -0.3 is 10.4 Å². The molecule has 0 aromatic heterocycles. The minimum atomic E-state index is -0.0144. The second-order valence-electron chi connectivity index (χ2n) is 4.69. The number of nitrogens with one attached hydrogen (secondary N) is 1. The predicted octanol–water partition coefficient (Wildman–Crippen LogP) is 3.47. The zero-order valence-corrected chi connectivity index (χ0v) is 12.8. The molecule has 0 aliphatic carbocycles. The van der Waals surface area contributed by atoms with Gasteiger partial charge in [0, 0.05) is 10.6 Å². The van der Waals surface area contributed by atoms with Crippen molar-refractivity contribution in [1.82, 2.24) is 0 Å². The number of benzene rings is 2. The lowest BCUT2D eigenvalue weighted by Crippen LogP contribution is -2.14. The largest absolute Gasteiger partial charge is 0.392 e. The topological polar surface area (TPSA) is 49.3 Å². The number of carbonyl (C=O) groups is 1. The highest BCUT2D eigenvalue weighted by atomic mass is 32.2. The van der Waals surface area contributed by atoms with Crippen molar-refractivity contribution >= 4 is 23.4 Å². The van der Waals surface area contributed by atoms with Crippen LogP contribution in [0.2, 0.25) is 0 Å². The van der Waals surface area contributed by atoms with Crippen molar-refractivity contribution in [3.63, 3.8) is 0 Å². The molecule has 0 aliphatic heterocycles. The van der Waals surface area contributed by atoms with Gasteiger partial charge in [-0.05, 0) is 41.8 Å². The van der Waals surface area contributed by atoms with E-state index in [1.165, 1.54) is 17.3 Å². The van der Waals surface area contributed by atoms with Crippen molar-refractivity contribution < 1.29 is 9.90 Å². The summed E-state index contributed by atoms with van der Waals surface area (Å²) in [5.74, 6) is 0.356. The van der Waals surface area contributed by atoms with Gasteiger partial charge in [0.05, 0.1) is 12.4 Å². The molecule has 0 spiro atoms. The second-order valence-corrected chi connectivity index (χ2v) is 5.74. The van der Waals surface area contributed by atoms with Crippen molar-refractivity contribution in [2.75, 3.05) is 11.1 Å². The number of thioether (sulfide) groups is 1. The van der Waals surface area contributed by atoms with E-state index in [9.17, 15) is 4.79 Å². The van der Waals surface area contributed by atoms with Crippen LogP contribution in [0.25, 0.3) is 0 Å². The smallest absolute Gasteiger partial charge is 0.234 e. The predicted molar refractivity (Wildman–Crippen MR) is 87.5 cm³/mol. The van der Waals surface area contributed by atoms with Gasteiger partial charge in [-0.3, -0.25) is 4.79 Å². The van der Waals surface area contributed by atoms with Crippen molar-refractivity contribution in [3.8, 4) is 0 Å². The lowest BCUT2D eigenvalue weighted by molar-refractivity contribution is -0.113. The van der Waals surface area contributed by atoms with Crippen molar-refractivity contribution in [2.45, 2.75) is 24.8 Å². The molecule has 2 aromatic rings. The Bertz CT molecular complexity index is 596. The molecule has 3 nitrogen and oxygen atoms in total. The Morgan fingerprint density at radius 1 is 1.14 bits per heavy atom. The molecule has 0 bridgehead atoms. The zero-order valence-electron chi connectivity index (χ0n) is 12.0. The molecule has 2 rings (SSSR count). The lowest BCUT2D eigenvalue weighted by Gasteiger charge is -2.07. The number of aliphatic hydroxyl groups excluding tert-OH is 1. The molecule has 1 amide bonds. The van der Waals surface area contributed by atoms with Gasteiger partial charge in [0.25, 0.3) is 0 Å². The number of anilines is 1. The Kier molecular flexibility index (Phi) is 5.84. The highest BCUT2D eigenvalue weighted by molar-refractivity contribution is 8.00. The molecule has 0 heterocycles. The third-order valence-electron chi connectivity index (χ3n) is 3.09. The molecule has 0 aliphatic rings. The molecule has 2 N–H and O–H groups in total. The van der Waals surface area contributed by atoms with Crippen LogP contribution in [0.5, 0.6) is 0 Å². The SMILES string of the molecule is CCc1cccc(NC(=O)CSc2ccc(CO)cc2)c1. The summed E-state index contributed by atoms with van der Waals surface area (Å²) in [4.78, 5) is 13.0. The third-order valence-corrected chi connectivity index (χ3v) is 4.11. The standard InChI is InChI=1S/C17H19NO2S/c1-2-13-4-3-5-15(10-13)18-17(20)12-21-16-8-6-14(11-19)7-9-16/h3-10,19H,2,11-12H2,1H3,(H,18,20). The first kappa shape index (κ1) is 15.6. The fourth-order valence-corrected chi connectivity index (χ4v) is 2.60. The minimum absolute atomic E-state index is 0.0144. The van der Waals surface area contributed by atoms with Gasteiger partial charge in [0.1, 0.15) is 0 Å². The summed E-state index contributed by atoms with van der Waals surface area (Å²) < 4.78 is 0. The van der Waals surface area contributed by atoms with Gasteiger partial charge >= 0.3 is 0 Å². The van der Waals surface area contributed by atoms with Gasteiger partial charge in [-0.25, -0.2) is 0 Å². The van der Waals surface area contributed by atoms with Crippen molar-refractivity contribution in [2.24, 2.45) is 0 Å². The summed E-state index contributed by atoms with van der Waals surface area (Å²) in [5.41, 5.74) is 2.93. The van der Waals surface area contributed by atoms with Crippen LogP contribution in [0, 0.1) is 0 Å². The Hall–Kier alpha value is -1.78. The Labute approximate surface area is 129 Å². The Morgan fingerprint density at radius 2 is 1.90 bits per heavy atom. The van der Waals surface area contributed by atoms with Crippen LogP contribution in [0.4, 0.5) is 5.69 Å². The maximum absolute atomic E-state index is 11.9. The molecular weight excluding hydrogens is 282 g/mol. The fourth-order valence-electron chi connectivity index (χ4n) is 1.91. The number of carbonyl (C=O) groups excluding carboxylic acids is 1. The van der Waals surface area contributed by atoms with E-state index in [0.29, 0.717) is 5.75 Å². The summed E-state index contributed by atoms with van der Waals surface area (Å²) >= 11 is 1.48. The van der Waals surface area contributed by atoms with E-state index in [4.69, 9.17) is 5.11 Å². The first-order valence-electron chi connectivity index (χ1n) is 6.92. The summed E-state index contributed by atoms with van der Waals surface area (Å²) in [6.07, 6.45) is 0.954. The van der Waals surface area contributed by atoms with E-state index in [-0.39, 0.29) is 12.5 Å². The van der Waals surface area contributed by atoms with Crippen LogP contribution in [-0.4, -0.2) is 16.8 Å². The van der Waals surface area contributed by atoms with E-state index in [1.54, 1.807) is 0 Å². The zero-order chi connectivity index (χ0) is 15.1. The number of aliphatic hydroxyl groups is 1. The number of rotatable bonds is 6. The molecule has 0 radical (unpaired) electrons. The van der Waals surface area contributed by atoms with Gasteiger partial charge in [-0.2, -0.15) is 0 Å². The number of aryl methyl sites for hydroxylation is 1. The highest BCUT2D eigenvalue weighted by Gasteiger charge is 2.04. The number of hydrogen-bond donors (Lipinski definition) is 2. The van der Waals surface area contributed by atoms with E-state index in [0.717, 1.165) is 22.6 Å². The molecule has 0 atom stereocenters. The maximum atomic E-state index is 11.9. The molecule has 110 valence electrons. The lowest BCUT2D eigenvalue weighted by atomic mass is 10.1. The third kappa shape index (κ3) is 4.92. The van der Waals surface area contributed by atoms with Crippen LogP contribution in [-0.2, 0) is 17.8 Å². The number of hydrogen-bond acceptors (Lipinski definition) is 3. The molecule has 0 unspecified atom stereocenters. The van der Waals surface area contributed by atoms with E-state index < -0.39 is 0 Å². The van der Waals surface area contributed by atoms with E-state index >= 15 is 0 Å². The highest BCUT2D eigenvalue weighted by Crippen LogP contribution is 2.19. The molecule has 2 aromatic carbocycles. The second kappa shape index (κ2) is 7.86. The summed E-state index contributed by atoms with van der Waals surface area (Å²) in [7, 11) is 0. The van der Waals surface area contributed by atoms with Gasteiger partial charge in [0.15, 0.2) is 0 Å². The summed E-state index contributed by atoms with van der Waals surface area (Å²) in [5, 5.41) is 11.9. The van der Waals surface area contributed by atoms with Crippen molar-refractivity contribution in [1.29, 1.82) is 0 Å². The average molecular weight is 301 g/mol. The van der Waals surface area contributed by atoms with E-state index in [1.807, 2.05) is 48.5 Å².